The smallest absolute Gasteiger partial charge is 0.0579 e. The SMILES string of the molecule is C=CCCC(O)C1CCSC1. The van der Waals surface area contributed by atoms with Crippen molar-refractivity contribution in [3.8, 4) is 0 Å². The molecule has 0 aromatic heterocycles. The monoisotopic (exact) mass is 172 g/mol. The van der Waals surface area contributed by atoms with Gasteiger partial charge in [-0.1, -0.05) is 6.08 Å². The predicted octanol–water partition coefficient (Wildman–Crippen LogP) is 2.07. The van der Waals surface area contributed by atoms with E-state index in [2.05, 4.69) is 6.58 Å². The van der Waals surface area contributed by atoms with Gasteiger partial charge >= 0.3 is 0 Å². The highest BCUT2D eigenvalue weighted by Crippen LogP contribution is 2.27. The summed E-state index contributed by atoms with van der Waals surface area (Å²) in [6.45, 7) is 3.64. The number of aliphatic hydroxyl groups excluding tert-OH is 1. The molecule has 0 radical (unpaired) electrons. The molecule has 1 heterocycles. The van der Waals surface area contributed by atoms with Crippen LogP contribution in [0.25, 0.3) is 0 Å². The first-order chi connectivity index (χ1) is 5.34. The molecule has 0 aromatic rings. The molecule has 2 heteroatoms. The van der Waals surface area contributed by atoms with Crippen LogP contribution in [0.15, 0.2) is 12.7 Å². The van der Waals surface area contributed by atoms with Crippen molar-refractivity contribution in [1.82, 2.24) is 0 Å². The molecule has 2 atom stereocenters. The van der Waals surface area contributed by atoms with E-state index in [1.165, 1.54) is 12.2 Å². The quantitative estimate of drug-likeness (QED) is 0.655. The lowest BCUT2D eigenvalue weighted by Gasteiger charge is -2.15. The van der Waals surface area contributed by atoms with Gasteiger partial charge in [-0.2, -0.15) is 11.8 Å². The summed E-state index contributed by atoms with van der Waals surface area (Å²) in [7, 11) is 0. The molecule has 1 nitrogen and oxygen atoms in total. The van der Waals surface area contributed by atoms with Crippen molar-refractivity contribution in [2.45, 2.75) is 25.4 Å². The van der Waals surface area contributed by atoms with E-state index in [1.807, 2.05) is 17.8 Å². The highest BCUT2D eigenvalue weighted by atomic mass is 32.2. The molecule has 1 fully saturated rings. The lowest BCUT2D eigenvalue weighted by Crippen LogP contribution is -2.19. The van der Waals surface area contributed by atoms with Crippen molar-refractivity contribution < 1.29 is 5.11 Å². The molecule has 64 valence electrons. The second kappa shape index (κ2) is 4.83. The van der Waals surface area contributed by atoms with Crippen LogP contribution in [0.5, 0.6) is 0 Å². The molecular weight excluding hydrogens is 156 g/mol. The van der Waals surface area contributed by atoms with Crippen molar-refractivity contribution in [1.29, 1.82) is 0 Å². The molecular formula is C9H16OS. The lowest BCUT2D eigenvalue weighted by atomic mass is 9.98. The van der Waals surface area contributed by atoms with Crippen molar-refractivity contribution in [2.75, 3.05) is 11.5 Å². The maximum atomic E-state index is 9.62. The summed E-state index contributed by atoms with van der Waals surface area (Å²) in [5.74, 6) is 2.94. The van der Waals surface area contributed by atoms with Crippen LogP contribution < -0.4 is 0 Å². The Morgan fingerprint density at radius 1 is 1.73 bits per heavy atom. The highest BCUT2D eigenvalue weighted by Gasteiger charge is 2.22. The molecule has 2 unspecified atom stereocenters. The van der Waals surface area contributed by atoms with Gasteiger partial charge in [0.05, 0.1) is 6.10 Å². The number of thioether (sulfide) groups is 1. The van der Waals surface area contributed by atoms with Crippen LogP contribution in [0.3, 0.4) is 0 Å². The fourth-order valence-electron chi connectivity index (χ4n) is 1.38. The Morgan fingerprint density at radius 2 is 2.55 bits per heavy atom. The van der Waals surface area contributed by atoms with Gasteiger partial charge in [-0.3, -0.25) is 0 Å². The lowest BCUT2D eigenvalue weighted by molar-refractivity contribution is 0.112. The third-order valence-electron chi connectivity index (χ3n) is 2.18. The first-order valence-electron chi connectivity index (χ1n) is 4.21. The number of hydrogen-bond donors (Lipinski definition) is 1. The van der Waals surface area contributed by atoms with E-state index < -0.39 is 0 Å². The van der Waals surface area contributed by atoms with Crippen LogP contribution in [0.1, 0.15) is 19.3 Å². The summed E-state index contributed by atoms with van der Waals surface area (Å²) in [4.78, 5) is 0. The Balaban J connectivity index is 2.16. The number of aliphatic hydroxyl groups is 1. The maximum absolute atomic E-state index is 9.62. The van der Waals surface area contributed by atoms with Crippen LogP contribution in [0.2, 0.25) is 0 Å². The van der Waals surface area contributed by atoms with Crippen molar-refractivity contribution in [3.05, 3.63) is 12.7 Å². The average Bonchev–Trinajstić information content (AvgIpc) is 2.52. The summed E-state index contributed by atoms with van der Waals surface area (Å²) in [6.07, 6.45) is 4.84. The van der Waals surface area contributed by atoms with E-state index in [0.717, 1.165) is 18.6 Å². The molecule has 0 bridgehead atoms. The highest BCUT2D eigenvalue weighted by molar-refractivity contribution is 7.99. The van der Waals surface area contributed by atoms with Crippen LogP contribution in [0, 0.1) is 5.92 Å². The largest absolute Gasteiger partial charge is 0.393 e. The van der Waals surface area contributed by atoms with Crippen LogP contribution in [-0.2, 0) is 0 Å². The molecule has 11 heavy (non-hydrogen) atoms. The second-order valence-corrected chi connectivity index (χ2v) is 4.21. The van der Waals surface area contributed by atoms with E-state index >= 15 is 0 Å². The third-order valence-corrected chi connectivity index (χ3v) is 3.36. The number of rotatable bonds is 4. The van der Waals surface area contributed by atoms with E-state index in [0.29, 0.717) is 5.92 Å². The van der Waals surface area contributed by atoms with E-state index in [4.69, 9.17) is 0 Å². The summed E-state index contributed by atoms with van der Waals surface area (Å²) in [5, 5.41) is 9.62. The number of allylic oxidation sites excluding steroid dienone is 1. The van der Waals surface area contributed by atoms with Crippen LogP contribution in [0.4, 0.5) is 0 Å². The first kappa shape index (κ1) is 9.14. The molecule has 1 rings (SSSR count). The fraction of sp³-hybridized carbons (Fsp3) is 0.778. The minimum atomic E-state index is -0.0806. The van der Waals surface area contributed by atoms with Gasteiger partial charge in [0.1, 0.15) is 0 Å². The standard InChI is InChI=1S/C9H16OS/c1-2-3-4-9(10)8-5-6-11-7-8/h2,8-10H,1,3-7H2. The van der Waals surface area contributed by atoms with Gasteiger partial charge in [0, 0.05) is 0 Å². The minimum absolute atomic E-state index is 0.0806. The third kappa shape index (κ3) is 2.88. The van der Waals surface area contributed by atoms with Crippen molar-refractivity contribution >= 4 is 11.8 Å². The summed E-state index contributed by atoms with van der Waals surface area (Å²) < 4.78 is 0. The zero-order valence-corrected chi connectivity index (χ0v) is 7.65. The molecule has 1 N–H and O–H groups in total. The normalized spacial score (nSPS) is 26.8. The summed E-state index contributed by atoms with van der Waals surface area (Å²) in [6, 6.07) is 0. The molecule has 0 amide bonds. The molecule has 0 aliphatic carbocycles. The van der Waals surface area contributed by atoms with Gasteiger partial charge in [0.15, 0.2) is 0 Å². The fourth-order valence-corrected chi connectivity index (χ4v) is 2.71. The van der Waals surface area contributed by atoms with E-state index in [-0.39, 0.29) is 6.10 Å². The topological polar surface area (TPSA) is 20.2 Å². The van der Waals surface area contributed by atoms with Crippen LogP contribution >= 0.6 is 11.8 Å². The Bertz CT molecular complexity index is 119. The van der Waals surface area contributed by atoms with Gasteiger partial charge in [-0.05, 0) is 36.7 Å². The van der Waals surface area contributed by atoms with Gasteiger partial charge in [0.2, 0.25) is 0 Å². The predicted molar refractivity (Wildman–Crippen MR) is 50.9 cm³/mol. The van der Waals surface area contributed by atoms with E-state index in [9.17, 15) is 5.11 Å². The Morgan fingerprint density at radius 3 is 3.09 bits per heavy atom. The van der Waals surface area contributed by atoms with Gasteiger partial charge in [0.25, 0.3) is 0 Å². The average molecular weight is 172 g/mol. The molecule has 0 saturated carbocycles. The maximum Gasteiger partial charge on any atom is 0.0579 e. The number of hydrogen-bond acceptors (Lipinski definition) is 2. The Labute approximate surface area is 72.9 Å². The second-order valence-electron chi connectivity index (χ2n) is 3.06. The zero-order valence-electron chi connectivity index (χ0n) is 6.83. The van der Waals surface area contributed by atoms with Crippen LogP contribution in [-0.4, -0.2) is 22.7 Å². The zero-order chi connectivity index (χ0) is 8.10. The first-order valence-corrected chi connectivity index (χ1v) is 5.36. The Hall–Kier alpha value is 0.0500. The summed E-state index contributed by atoms with van der Waals surface area (Å²) >= 11 is 1.96. The molecule has 0 spiro atoms. The molecule has 1 aliphatic rings. The molecule has 1 aliphatic heterocycles. The summed E-state index contributed by atoms with van der Waals surface area (Å²) in [5.41, 5.74) is 0. The Kier molecular flexibility index (Phi) is 4.02. The minimum Gasteiger partial charge on any atom is -0.393 e. The van der Waals surface area contributed by atoms with Crippen molar-refractivity contribution in [2.24, 2.45) is 5.92 Å². The molecule has 1 saturated heterocycles. The van der Waals surface area contributed by atoms with Gasteiger partial charge in [-0.15, -0.1) is 6.58 Å². The van der Waals surface area contributed by atoms with Gasteiger partial charge < -0.3 is 5.11 Å². The molecule has 0 aromatic carbocycles. The van der Waals surface area contributed by atoms with Gasteiger partial charge in [-0.25, -0.2) is 0 Å². The van der Waals surface area contributed by atoms with E-state index in [1.54, 1.807) is 0 Å². The van der Waals surface area contributed by atoms with Crippen molar-refractivity contribution in [3.63, 3.8) is 0 Å².